The second-order valence-electron chi connectivity index (χ2n) is 8.73. The summed E-state index contributed by atoms with van der Waals surface area (Å²) >= 11 is 0. The number of nitrogens with two attached hydrogens (primary N) is 1. The fourth-order valence-corrected chi connectivity index (χ4v) is 4.66. The number of hydrogen-bond acceptors (Lipinski definition) is 8. The predicted molar refractivity (Wildman–Crippen MR) is 121 cm³/mol. The molecule has 164 valence electrons. The minimum atomic E-state index is -0.322. The molecule has 2 fully saturated rings. The number of nitrogens with zero attached hydrogens (tertiary/aromatic N) is 7. The van der Waals surface area contributed by atoms with Gasteiger partial charge >= 0.3 is 0 Å². The van der Waals surface area contributed by atoms with Crippen molar-refractivity contribution in [2.45, 2.75) is 44.8 Å². The summed E-state index contributed by atoms with van der Waals surface area (Å²) in [4.78, 5) is 18.8. The van der Waals surface area contributed by atoms with Crippen LogP contribution in [-0.4, -0.2) is 74.1 Å². The average molecular weight is 423 g/mol. The predicted octanol–water partition coefficient (Wildman–Crippen LogP) is 1.87. The molecule has 2 saturated heterocycles. The molecule has 31 heavy (non-hydrogen) atoms. The molecule has 9 heteroatoms. The fraction of sp³-hybridized carbons (Fsp3) is 0.545. The topological polar surface area (TPSA) is 109 Å². The van der Waals surface area contributed by atoms with E-state index in [1.54, 1.807) is 6.20 Å². The zero-order valence-corrected chi connectivity index (χ0v) is 18.2. The van der Waals surface area contributed by atoms with Crippen molar-refractivity contribution in [3.05, 3.63) is 24.3 Å². The van der Waals surface area contributed by atoms with Crippen LogP contribution < -0.4 is 10.6 Å². The van der Waals surface area contributed by atoms with Gasteiger partial charge in [-0.2, -0.15) is 5.10 Å². The van der Waals surface area contributed by atoms with E-state index in [0.717, 1.165) is 73.5 Å². The van der Waals surface area contributed by atoms with Crippen molar-refractivity contribution < 1.29 is 5.11 Å². The summed E-state index contributed by atoms with van der Waals surface area (Å²) in [6.07, 6.45) is 9.11. The summed E-state index contributed by atoms with van der Waals surface area (Å²) in [7, 11) is 2.16. The average Bonchev–Trinajstić information content (AvgIpc) is 3.43. The highest BCUT2D eigenvalue weighted by atomic mass is 16.3. The van der Waals surface area contributed by atoms with Gasteiger partial charge in [-0.3, -0.25) is 4.68 Å². The summed E-state index contributed by atoms with van der Waals surface area (Å²) in [5, 5.41) is 14.7. The molecule has 2 aliphatic heterocycles. The molecule has 0 saturated carbocycles. The van der Waals surface area contributed by atoms with E-state index in [-0.39, 0.29) is 6.10 Å². The summed E-state index contributed by atoms with van der Waals surface area (Å²) < 4.78 is 2.08. The number of anilines is 2. The highest BCUT2D eigenvalue weighted by Crippen LogP contribution is 2.33. The van der Waals surface area contributed by atoms with Crippen molar-refractivity contribution >= 4 is 22.7 Å². The van der Waals surface area contributed by atoms with Crippen molar-refractivity contribution in [1.29, 1.82) is 0 Å². The smallest absolute Gasteiger partial charge is 0.151 e. The van der Waals surface area contributed by atoms with Crippen LogP contribution in [0.1, 0.15) is 37.9 Å². The number of piperidine rings is 1. The van der Waals surface area contributed by atoms with Crippen LogP contribution in [0.2, 0.25) is 0 Å². The molecule has 1 unspecified atom stereocenters. The number of pyridine rings is 1. The quantitative estimate of drug-likeness (QED) is 0.656. The number of nitrogen functional groups attached to an aromatic ring is 1. The van der Waals surface area contributed by atoms with Crippen molar-refractivity contribution in [3.8, 4) is 11.1 Å². The van der Waals surface area contributed by atoms with Gasteiger partial charge in [0.05, 0.1) is 24.0 Å². The van der Waals surface area contributed by atoms with Gasteiger partial charge in [-0.05, 0) is 45.8 Å². The van der Waals surface area contributed by atoms with Crippen molar-refractivity contribution in [1.82, 2.24) is 29.6 Å². The molecule has 0 aromatic carbocycles. The van der Waals surface area contributed by atoms with Crippen LogP contribution in [0.15, 0.2) is 18.6 Å². The van der Waals surface area contributed by atoms with E-state index in [0.29, 0.717) is 23.9 Å². The first-order valence-corrected chi connectivity index (χ1v) is 11.1. The summed E-state index contributed by atoms with van der Waals surface area (Å²) in [6, 6.07) is 0.414. The molecule has 5 heterocycles. The van der Waals surface area contributed by atoms with E-state index in [4.69, 9.17) is 15.7 Å². The van der Waals surface area contributed by atoms with Crippen LogP contribution >= 0.6 is 0 Å². The Hall–Kier alpha value is -2.78. The Morgan fingerprint density at radius 2 is 1.90 bits per heavy atom. The van der Waals surface area contributed by atoms with Gasteiger partial charge < -0.3 is 20.6 Å². The number of aliphatic hydroxyl groups is 1. The van der Waals surface area contributed by atoms with Crippen molar-refractivity contribution in [2.75, 3.05) is 43.9 Å². The highest BCUT2D eigenvalue weighted by molar-refractivity contribution is 5.96. The molecule has 5 rings (SSSR count). The normalized spacial score (nSPS) is 20.7. The molecular weight excluding hydrogens is 392 g/mol. The number of hydrogen-bond donors (Lipinski definition) is 2. The minimum Gasteiger partial charge on any atom is -0.391 e. The maximum absolute atomic E-state index is 10.0. The van der Waals surface area contributed by atoms with Crippen molar-refractivity contribution in [2.24, 2.45) is 0 Å². The lowest BCUT2D eigenvalue weighted by Gasteiger charge is -2.28. The van der Waals surface area contributed by atoms with Crippen LogP contribution in [0.3, 0.4) is 0 Å². The third-order valence-electron chi connectivity index (χ3n) is 6.55. The standard InChI is InChI=1S/C22H30N8O/c1-3-18-22(29-9-6-16(31)13-29)27-19-17(11-24-21(23)20(19)26-18)14-10-25-30(12-14)15-4-7-28(2)8-5-15/h10-12,15-16,31H,3-9,13H2,1-2H3,(H2,23,24). The Morgan fingerprint density at radius 1 is 1.10 bits per heavy atom. The second kappa shape index (κ2) is 8.05. The van der Waals surface area contributed by atoms with E-state index in [2.05, 4.69) is 44.7 Å². The lowest BCUT2D eigenvalue weighted by Crippen LogP contribution is -2.31. The number of aromatic nitrogens is 5. The first-order valence-electron chi connectivity index (χ1n) is 11.1. The number of rotatable bonds is 4. The van der Waals surface area contributed by atoms with E-state index >= 15 is 0 Å². The Balaban J connectivity index is 1.57. The van der Waals surface area contributed by atoms with Gasteiger partial charge in [0.1, 0.15) is 11.0 Å². The largest absolute Gasteiger partial charge is 0.391 e. The summed E-state index contributed by atoms with van der Waals surface area (Å²) in [5.41, 5.74) is 10.3. The van der Waals surface area contributed by atoms with Crippen LogP contribution in [0.5, 0.6) is 0 Å². The fourth-order valence-electron chi connectivity index (χ4n) is 4.66. The van der Waals surface area contributed by atoms with Crippen LogP contribution in [0.25, 0.3) is 22.2 Å². The molecule has 0 amide bonds. The van der Waals surface area contributed by atoms with Gasteiger partial charge in [0.2, 0.25) is 0 Å². The molecule has 3 aromatic rings. The maximum atomic E-state index is 10.0. The van der Waals surface area contributed by atoms with E-state index < -0.39 is 0 Å². The molecule has 0 spiro atoms. The van der Waals surface area contributed by atoms with Gasteiger partial charge in [-0.25, -0.2) is 15.0 Å². The Morgan fingerprint density at radius 3 is 2.61 bits per heavy atom. The number of likely N-dealkylation sites (tertiary alicyclic amines) is 1. The van der Waals surface area contributed by atoms with Crippen LogP contribution in [0, 0.1) is 0 Å². The van der Waals surface area contributed by atoms with Crippen molar-refractivity contribution in [3.63, 3.8) is 0 Å². The molecule has 0 aliphatic carbocycles. The zero-order chi connectivity index (χ0) is 21.5. The lowest BCUT2D eigenvalue weighted by atomic mass is 10.1. The Labute approximate surface area is 181 Å². The van der Waals surface area contributed by atoms with Gasteiger partial charge in [-0.15, -0.1) is 0 Å². The third kappa shape index (κ3) is 3.72. The number of aryl methyl sites for hydroxylation is 1. The molecule has 1 atom stereocenters. The first kappa shape index (κ1) is 20.1. The SMILES string of the molecule is CCc1nc2c(N)ncc(-c3cnn(C4CCN(C)CC4)c3)c2nc1N1CCC(O)C1. The zero-order valence-electron chi connectivity index (χ0n) is 18.2. The first-order chi connectivity index (χ1) is 15.0. The number of fused-ring (bicyclic) bond motifs is 1. The van der Waals surface area contributed by atoms with Gasteiger partial charge in [0.25, 0.3) is 0 Å². The highest BCUT2D eigenvalue weighted by Gasteiger charge is 2.26. The molecule has 2 aliphatic rings. The molecule has 0 bridgehead atoms. The van der Waals surface area contributed by atoms with Gasteiger partial charge in [-0.1, -0.05) is 6.92 Å². The van der Waals surface area contributed by atoms with Crippen LogP contribution in [-0.2, 0) is 6.42 Å². The van der Waals surface area contributed by atoms with Gasteiger partial charge in [0, 0.05) is 36.6 Å². The van der Waals surface area contributed by atoms with Crippen LogP contribution in [0.4, 0.5) is 11.6 Å². The minimum absolute atomic E-state index is 0.322. The lowest BCUT2D eigenvalue weighted by molar-refractivity contribution is 0.198. The number of β-amino-alcohol motifs (C(OH)–C–C–N with tert-alkyl or cyclic N) is 1. The molecule has 3 N–H and O–H groups in total. The number of aliphatic hydroxyl groups excluding tert-OH is 1. The molecule has 3 aromatic heterocycles. The molecule has 0 radical (unpaired) electrons. The Bertz CT molecular complexity index is 1090. The molecule has 9 nitrogen and oxygen atoms in total. The van der Waals surface area contributed by atoms with E-state index in [1.807, 2.05) is 6.20 Å². The maximum Gasteiger partial charge on any atom is 0.151 e. The third-order valence-corrected chi connectivity index (χ3v) is 6.55. The molecular formula is C22H30N8O. The second-order valence-corrected chi connectivity index (χ2v) is 8.73. The summed E-state index contributed by atoms with van der Waals surface area (Å²) in [6.45, 7) is 5.59. The van der Waals surface area contributed by atoms with E-state index in [9.17, 15) is 5.11 Å². The van der Waals surface area contributed by atoms with Gasteiger partial charge in [0.15, 0.2) is 11.6 Å². The Kier molecular flexibility index (Phi) is 5.23. The monoisotopic (exact) mass is 422 g/mol. The van der Waals surface area contributed by atoms with E-state index in [1.165, 1.54) is 0 Å². The summed E-state index contributed by atoms with van der Waals surface area (Å²) in [5.74, 6) is 1.22.